The van der Waals surface area contributed by atoms with Crippen molar-refractivity contribution in [2.24, 2.45) is 11.3 Å². The molecule has 0 aromatic heterocycles. The summed E-state index contributed by atoms with van der Waals surface area (Å²) in [5.74, 6) is 0.702. The van der Waals surface area contributed by atoms with Gasteiger partial charge in [-0.25, -0.2) is 0 Å². The first-order valence-corrected chi connectivity index (χ1v) is 7.93. The monoisotopic (exact) mass is 288 g/mol. The van der Waals surface area contributed by atoms with E-state index in [0.717, 1.165) is 31.6 Å². The Balaban J connectivity index is 1.99. The van der Waals surface area contributed by atoms with Crippen molar-refractivity contribution >= 4 is 5.91 Å². The molecule has 0 saturated carbocycles. The van der Waals surface area contributed by atoms with Gasteiger partial charge in [-0.05, 0) is 29.9 Å². The molecule has 116 valence electrons. The number of rotatable bonds is 3. The lowest BCUT2D eigenvalue weighted by molar-refractivity contribution is 0.0635. The zero-order valence-electron chi connectivity index (χ0n) is 13.7. The summed E-state index contributed by atoms with van der Waals surface area (Å²) in [5.41, 5.74) is 1.07. The Morgan fingerprint density at radius 3 is 2.52 bits per heavy atom. The van der Waals surface area contributed by atoms with Crippen molar-refractivity contribution in [3.63, 3.8) is 0 Å². The van der Waals surface area contributed by atoms with Crippen LogP contribution in [0.2, 0.25) is 0 Å². The van der Waals surface area contributed by atoms with Gasteiger partial charge in [-0.1, -0.05) is 45.9 Å². The fourth-order valence-electron chi connectivity index (χ4n) is 2.88. The molecule has 2 atom stereocenters. The van der Waals surface area contributed by atoms with Gasteiger partial charge in [0.05, 0.1) is 0 Å². The summed E-state index contributed by atoms with van der Waals surface area (Å²) in [7, 11) is 0. The van der Waals surface area contributed by atoms with E-state index in [1.165, 1.54) is 0 Å². The number of nitrogens with zero attached hydrogens (tertiary/aromatic N) is 1. The first-order valence-electron chi connectivity index (χ1n) is 7.93. The highest BCUT2D eigenvalue weighted by Crippen LogP contribution is 2.20. The Bertz CT molecular complexity index is 464. The Morgan fingerprint density at radius 1 is 1.24 bits per heavy atom. The molecule has 1 aliphatic heterocycles. The number of amides is 1. The van der Waals surface area contributed by atoms with Crippen LogP contribution in [0, 0.1) is 11.3 Å². The maximum Gasteiger partial charge on any atom is 0.253 e. The van der Waals surface area contributed by atoms with Gasteiger partial charge in [0.25, 0.3) is 5.91 Å². The van der Waals surface area contributed by atoms with E-state index >= 15 is 0 Å². The molecule has 1 amide bonds. The number of carbonyl (C=O) groups excluding carboxylic acids is 1. The molecule has 3 heteroatoms. The van der Waals surface area contributed by atoms with Crippen LogP contribution in [0.15, 0.2) is 30.3 Å². The molecule has 2 unspecified atom stereocenters. The molecule has 0 aliphatic carbocycles. The molecule has 2 rings (SSSR count). The minimum absolute atomic E-state index is 0.157. The van der Waals surface area contributed by atoms with Crippen molar-refractivity contribution < 1.29 is 4.79 Å². The van der Waals surface area contributed by atoms with Crippen LogP contribution in [0.4, 0.5) is 0 Å². The van der Waals surface area contributed by atoms with Crippen LogP contribution in [-0.4, -0.2) is 36.5 Å². The third-order valence-corrected chi connectivity index (χ3v) is 3.89. The molecule has 1 fully saturated rings. The van der Waals surface area contributed by atoms with Gasteiger partial charge in [-0.15, -0.1) is 0 Å². The lowest BCUT2D eigenvalue weighted by Crippen LogP contribution is -2.52. The third-order valence-electron chi connectivity index (χ3n) is 3.89. The summed E-state index contributed by atoms with van der Waals surface area (Å²) in [6.45, 7) is 11.6. The second-order valence-corrected chi connectivity index (χ2v) is 7.56. The summed E-state index contributed by atoms with van der Waals surface area (Å²) >= 11 is 0. The molecule has 3 nitrogen and oxygen atoms in total. The Kier molecular flexibility index (Phi) is 5.04. The molecule has 1 aromatic rings. The van der Waals surface area contributed by atoms with E-state index in [-0.39, 0.29) is 11.3 Å². The molecule has 0 spiro atoms. The number of piperidine rings is 1. The van der Waals surface area contributed by atoms with E-state index in [2.05, 4.69) is 33.0 Å². The maximum absolute atomic E-state index is 12.6. The van der Waals surface area contributed by atoms with Crippen molar-refractivity contribution in [2.75, 3.05) is 19.6 Å². The first kappa shape index (κ1) is 16.0. The second kappa shape index (κ2) is 6.61. The summed E-state index contributed by atoms with van der Waals surface area (Å²) < 4.78 is 0. The molecule has 1 N–H and O–H groups in total. The normalized spacial score (nSPS) is 23.1. The number of hydrogen-bond donors (Lipinski definition) is 1. The highest BCUT2D eigenvalue weighted by atomic mass is 16.2. The number of carbonyl (C=O) groups is 1. The standard InChI is InChI=1S/C18H28N2O/c1-14-10-16(19-13-18(2,3)4)12-20(11-14)17(21)15-8-6-5-7-9-15/h5-9,14,16,19H,10-13H2,1-4H3. The van der Waals surface area contributed by atoms with Gasteiger partial charge in [0, 0.05) is 31.2 Å². The molecule has 0 bridgehead atoms. The highest BCUT2D eigenvalue weighted by molar-refractivity contribution is 5.94. The quantitative estimate of drug-likeness (QED) is 0.926. The van der Waals surface area contributed by atoms with Gasteiger partial charge < -0.3 is 10.2 Å². The van der Waals surface area contributed by atoms with Gasteiger partial charge in [-0.3, -0.25) is 4.79 Å². The van der Waals surface area contributed by atoms with E-state index in [1.54, 1.807) is 0 Å². The van der Waals surface area contributed by atoms with Crippen molar-refractivity contribution in [1.82, 2.24) is 10.2 Å². The van der Waals surface area contributed by atoms with Gasteiger partial charge in [-0.2, -0.15) is 0 Å². The van der Waals surface area contributed by atoms with Gasteiger partial charge >= 0.3 is 0 Å². The van der Waals surface area contributed by atoms with Gasteiger partial charge in [0.2, 0.25) is 0 Å². The summed E-state index contributed by atoms with van der Waals surface area (Å²) in [6, 6.07) is 10.0. The predicted molar refractivity (Wildman–Crippen MR) is 87.4 cm³/mol. The molecule has 1 aliphatic rings. The topological polar surface area (TPSA) is 32.3 Å². The summed E-state index contributed by atoms with van der Waals surface area (Å²) in [4.78, 5) is 14.6. The molecule has 1 aromatic carbocycles. The fourth-order valence-corrected chi connectivity index (χ4v) is 2.88. The number of benzene rings is 1. The molecule has 0 radical (unpaired) electrons. The number of hydrogen-bond acceptors (Lipinski definition) is 2. The average Bonchev–Trinajstić information content (AvgIpc) is 2.44. The lowest BCUT2D eigenvalue weighted by Gasteiger charge is -2.38. The van der Waals surface area contributed by atoms with E-state index in [0.29, 0.717) is 12.0 Å². The zero-order chi connectivity index (χ0) is 15.5. The van der Waals surface area contributed by atoms with E-state index in [4.69, 9.17) is 0 Å². The predicted octanol–water partition coefficient (Wildman–Crippen LogP) is 3.17. The van der Waals surface area contributed by atoms with Crippen molar-refractivity contribution in [3.05, 3.63) is 35.9 Å². The van der Waals surface area contributed by atoms with Crippen LogP contribution in [-0.2, 0) is 0 Å². The smallest absolute Gasteiger partial charge is 0.253 e. The molecular weight excluding hydrogens is 260 g/mol. The van der Waals surface area contributed by atoms with Crippen molar-refractivity contribution in [2.45, 2.75) is 40.2 Å². The van der Waals surface area contributed by atoms with E-state index in [1.807, 2.05) is 35.2 Å². The van der Waals surface area contributed by atoms with Gasteiger partial charge in [0.15, 0.2) is 0 Å². The Hall–Kier alpha value is -1.35. The molecule has 1 saturated heterocycles. The van der Waals surface area contributed by atoms with Crippen LogP contribution in [0.25, 0.3) is 0 Å². The zero-order valence-corrected chi connectivity index (χ0v) is 13.7. The summed E-state index contributed by atoms with van der Waals surface area (Å²) in [5, 5.41) is 3.63. The van der Waals surface area contributed by atoms with E-state index < -0.39 is 0 Å². The van der Waals surface area contributed by atoms with Crippen LogP contribution < -0.4 is 5.32 Å². The van der Waals surface area contributed by atoms with Gasteiger partial charge in [0.1, 0.15) is 0 Å². The lowest BCUT2D eigenvalue weighted by atomic mass is 9.92. The minimum atomic E-state index is 0.157. The van der Waals surface area contributed by atoms with Crippen LogP contribution in [0.3, 0.4) is 0 Å². The molecular formula is C18H28N2O. The molecule has 21 heavy (non-hydrogen) atoms. The Morgan fingerprint density at radius 2 is 1.90 bits per heavy atom. The van der Waals surface area contributed by atoms with E-state index in [9.17, 15) is 4.79 Å². The summed E-state index contributed by atoms with van der Waals surface area (Å²) in [6.07, 6.45) is 1.15. The Labute approximate surface area is 128 Å². The fraction of sp³-hybridized carbons (Fsp3) is 0.611. The van der Waals surface area contributed by atoms with Crippen molar-refractivity contribution in [3.8, 4) is 0 Å². The van der Waals surface area contributed by atoms with Crippen LogP contribution in [0.1, 0.15) is 44.5 Å². The minimum Gasteiger partial charge on any atom is -0.337 e. The highest BCUT2D eigenvalue weighted by Gasteiger charge is 2.28. The first-order chi connectivity index (χ1) is 9.85. The third kappa shape index (κ3) is 4.85. The number of nitrogens with one attached hydrogen (secondary N) is 1. The van der Waals surface area contributed by atoms with Crippen molar-refractivity contribution in [1.29, 1.82) is 0 Å². The largest absolute Gasteiger partial charge is 0.337 e. The molecule has 1 heterocycles. The van der Waals surface area contributed by atoms with Crippen LogP contribution in [0.5, 0.6) is 0 Å². The number of likely N-dealkylation sites (tertiary alicyclic amines) is 1. The second-order valence-electron chi connectivity index (χ2n) is 7.56. The average molecular weight is 288 g/mol. The SMILES string of the molecule is CC1CC(NCC(C)(C)C)CN(C(=O)c2ccccc2)C1. The maximum atomic E-state index is 12.6. The van der Waals surface area contributed by atoms with Crippen LogP contribution >= 0.6 is 0 Å².